The lowest BCUT2D eigenvalue weighted by Crippen LogP contribution is -2.49. The van der Waals surface area contributed by atoms with E-state index in [0.29, 0.717) is 31.6 Å². The number of rotatable bonds is 4. The van der Waals surface area contributed by atoms with Gasteiger partial charge in [-0.2, -0.15) is 0 Å². The summed E-state index contributed by atoms with van der Waals surface area (Å²) >= 11 is 0. The second-order valence-electron chi connectivity index (χ2n) is 7.23. The summed E-state index contributed by atoms with van der Waals surface area (Å²) in [6.07, 6.45) is 0.986. The minimum atomic E-state index is -0.737. The Bertz CT molecular complexity index is 1160. The van der Waals surface area contributed by atoms with Gasteiger partial charge in [0.05, 0.1) is 4.92 Å². The van der Waals surface area contributed by atoms with Crippen LogP contribution in [0.4, 0.5) is 11.4 Å². The van der Waals surface area contributed by atoms with E-state index < -0.39 is 16.5 Å². The van der Waals surface area contributed by atoms with Gasteiger partial charge in [-0.05, 0) is 36.2 Å². The molecule has 0 N–H and O–H groups in total. The molecule has 0 saturated carbocycles. The van der Waals surface area contributed by atoms with E-state index >= 15 is 0 Å². The molecule has 30 heavy (non-hydrogen) atoms. The Morgan fingerprint density at radius 1 is 1.07 bits per heavy atom. The molecule has 0 aliphatic carbocycles. The number of nitrogens with zero attached hydrogens (tertiary/aromatic N) is 3. The van der Waals surface area contributed by atoms with Crippen LogP contribution < -0.4 is 10.5 Å². The highest BCUT2D eigenvalue weighted by atomic mass is 16.6. The van der Waals surface area contributed by atoms with Crippen molar-refractivity contribution in [3.8, 4) is 0 Å². The summed E-state index contributed by atoms with van der Waals surface area (Å²) in [5.74, 6) is -0.418. The maximum atomic E-state index is 12.9. The van der Waals surface area contributed by atoms with Gasteiger partial charge in [-0.25, -0.2) is 4.79 Å². The molecule has 1 fully saturated rings. The Labute approximate surface area is 172 Å². The number of hydrogen-bond acceptors (Lipinski definition) is 6. The number of hydrogen-bond donors (Lipinski definition) is 0. The molecular formula is C22H21N3O5. The minimum absolute atomic E-state index is 0.108. The number of amides is 1. The molecule has 2 heterocycles. The summed E-state index contributed by atoms with van der Waals surface area (Å²) < 4.78 is 5.22. The SMILES string of the molecule is CCc1ccc(N2CCN(C(=O)c3cc4cc([N+](=O)[O-])ccc4oc3=O)CC2)cc1. The Hall–Kier alpha value is -3.68. The summed E-state index contributed by atoms with van der Waals surface area (Å²) in [5, 5.41) is 11.3. The topological polar surface area (TPSA) is 96.9 Å². The molecule has 3 aromatic rings. The van der Waals surface area contributed by atoms with Gasteiger partial charge in [0, 0.05) is 49.4 Å². The number of carbonyl (C=O) groups is 1. The molecule has 0 radical (unpaired) electrons. The molecule has 1 aromatic heterocycles. The van der Waals surface area contributed by atoms with Crippen LogP contribution in [0.2, 0.25) is 0 Å². The normalized spacial score (nSPS) is 14.2. The molecule has 4 rings (SSSR count). The molecule has 1 saturated heterocycles. The van der Waals surface area contributed by atoms with Gasteiger partial charge >= 0.3 is 5.63 Å². The molecule has 0 atom stereocenters. The average molecular weight is 407 g/mol. The lowest BCUT2D eigenvalue weighted by Gasteiger charge is -2.36. The Kier molecular flexibility index (Phi) is 5.22. The molecule has 2 aromatic carbocycles. The van der Waals surface area contributed by atoms with Crippen molar-refractivity contribution in [3.63, 3.8) is 0 Å². The number of nitro benzene ring substituents is 1. The molecule has 1 aliphatic rings. The molecule has 8 heteroatoms. The van der Waals surface area contributed by atoms with Gasteiger partial charge in [-0.1, -0.05) is 19.1 Å². The van der Waals surface area contributed by atoms with Gasteiger partial charge in [0.1, 0.15) is 11.1 Å². The van der Waals surface area contributed by atoms with Gasteiger partial charge in [0.2, 0.25) is 0 Å². The van der Waals surface area contributed by atoms with Gasteiger partial charge in [0.25, 0.3) is 11.6 Å². The first-order chi connectivity index (χ1) is 14.5. The van der Waals surface area contributed by atoms with Gasteiger partial charge in [0.15, 0.2) is 0 Å². The van der Waals surface area contributed by atoms with Crippen molar-refractivity contribution in [2.75, 3.05) is 31.1 Å². The molecule has 0 bridgehead atoms. The monoisotopic (exact) mass is 407 g/mol. The van der Waals surface area contributed by atoms with E-state index in [0.717, 1.165) is 12.1 Å². The third-order valence-corrected chi connectivity index (χ3v) is 5.43. The number of piperazine rings is 1. The van der Waals surface area contributed by atoms with Crippen LogP contribution in [0.1, 0.15) is 22.8 Å². The molecule has 1 amide bonds. The summed E-state index contributed by atoms with van der Waals surface area (Å²) in [5.41, 5.74) is 1.62. The van der Waals surface area contributed by atoms with E-state index in [1.165, 1.54) is 29.8 Å². The average Bonchev–Trinajstić information content (AvgIpc) is 2.78. The fourth-order valence-electron chi connectivity index (χ4n) is 3.65. The van der Waals surface area contributed by atoms with E-state index in [9.17, 15) is 19.7 Å². The van der Waals surface area contributed by atoms with Crippen LogP contribution in [0, 0.1) is 10.1 Å². The van der Waals surface area contributed by atoms with Crippen molar-refractivity contribution in [1.29, 1.82) is 0 Å². The number of nitro groups is 1. The Balaban J connectivity index is 1.52. The van der Waals surface area contributed by atoms with E-state index in [-0.39, 0.29) is 16.8 Å². The van der Waals surface area contributed by atoms with E-state index in [1.54, 1.807) is 4.90 Å². The van der Waals surface area contributed by atoms with Crippen LogP contribution in [0.5, 0.6) is 0 Å². The van der Waals surface area contributed by atoms with Gasteiger partial charge in [-0.3, -0.25) is 14.9 Å². The summed E-state index contributed by atoms with van der Waals surface area (Å²) in [6, 6.07) is 13.7. The fourth-order valence-corrected chi connectivity index (χ4v) is 3.65. The van der Waals surface area contributed by atoms with Crippen molar-refractivity contribution in [2.24, 2.45) is 0 Å². The number of benzene rings is 2. The first-order valence-corrected chi connectivity index (χ1v) is 9.81. The molecule has 1 aliphatic heterocycles. The first-order valence-electron chi connectivity index (χ1n) is 9.81. The van der Waals surface area contributed by atoms with Crippen molar-refractivity contribution < 1.29 is 14.1 Å². The maximum absolute atomic E-state index is 12.9. The zero-order valence-corrected chi connectivity index (χ0v) is 16.5. The number of non-ortho nitro benzene ring substituents is 1. The van der Waals surface area contributed by atoms with Crippen LogP contribution >= 0.6 is 0 Å². The van der Waals surface area contributed by atoms with Gasteiger partial charge in [-0.15, -0.1) is 0 Å². The zero-order chi connectivity index (χ0) is 21.3. The fraction of sp³-hybridized carbons (Fsp3) is 0.273. The second kappa shape index (κ2) is 7.98. The lowest BCUT2D eigenvalue weighted by molar-refractivity contribution is -0.384. The predicted molar refractivity (Wildman–Crippen MR) is 113 cm³/mol. The van der Waals surface area contributed by atoms with Crippen molar-refractivity contribution in [2.45, 2.75) is 13.3 Å². The number of anilines is 1. The molecule has 0 spiro atoms. The molecule has 154 valence electrons. The van der Waals surface area contributed by atoms with E-state index in [1.807, 2.05) is 0 Å². The Morgan fingerprint density at radius 3 is 2.40 bits per heavy atom. The summed E-state index contributed by atoms with van der Waals surface area (Å²) in [4.78, 5) is 39.5. The van der Waals surface area contributed by atoms with Crippen LogP contribution in [-0.4, -0.2) is 41.9 Å². The van der Waals surface area contributed by atoms with E-state index in [2.05, 4.69) is 36.1 Å². The smallest absolute Gasteiger partial charge is 0.349 e. The molecule has 8 nitrogen and oxygen atoms in total. The lowest BCUT2D eigenvalue weighted by atomic mass is 10.1. The quantitative estimate of drug-likeness (QED) is 0.374. The summed E-state index contributed by atoms with van der Waals surface area (Å²) in [6.45, 7) is 4.37. The van der Waals surface area contributed by atoms with Crippen LogP contribution in [-0.2, 0) is 6.42 Å². The maximum Gasteiger partial charge on any atom is 0.349 e. The molecule has 0 unspecified atom stereocenters. The Morgan fingerprint density at radius 2 is 1.77 bits per heavy atom. The van der Waals surface area contributed by atoms with Crippen LogP contribution in [0.25, 0.3) is 11.0 Å². The number of carbonyl (C=O) groups excluding carboxylic acids is 1. The minimum Gasteiger partial charge on any atom is -0.422 e. The standard InChI is InChI=1S/C22H21N3O5/c1-2-15-3-5-17(6-4-15)23-9-11-24(12-10-23)21(26)19-14-16-13-18(25(28)29)7-8-20(16)30-22(19)27/h3-8,13-14H,2,9-12H2,1H3. The van der Waals surface area contributed by atoms with Crippen molar-refractivity contribution in [1.82, 2.24) is 4.90 Å². The highest BCUT2D eigenvalue weighted by Crippen LogP contribution is 2.22. The van der Waals surface area contributed by atoms with Gasteiger partial charge < -0.3 is 14.2 Å². The highest BCUT2D eigenvalue weighted by Gasteiger charge is 2.25. The molecular weight excluding hydrogens is 386 g/mol. The van der Waals surface area contributed by atoms with Crippen molar-refractivity contribution in [3.05, 3.63) is 80.2 Å². The third-order valence-electron chi connectivity index (χ3n) is 5.43. The highest BCUT2D eigenvalue weighted by molar-refractivity contribution is 5.97. The third kappa shape index (κ3) is 3.76. The summed E-state index contributed by atoms with van der Waals surface area (Å²) in [7, 11) is 0. The van der Waals surface area contributed by atoms with E-state index in [4.69, 9.17) is 4.42 Å². The largest absolute Gasteiger partial charge is 0.422 e. The van der Waals surface area contributed by atoms with Crippen LogP contribution in [0.3, 0.4) is 0 Å². The first kappa shape index (κ1) is 19.6. The van der Waals surface area contributed by atoms with Crippen molar-refractivity contribution >= 4 is 28.3 Å². The van der Waals surface area contributed by atoms with Crippen LogP contribution in [0.15, 0.2) is 57.7 Å². The second-order valence-corrected chi connectivity index (χ2v) is 7.23. The predicted octanol–water partition coefficient (Wildman–Crippen LogP) is 3.23. The zero-order valence-electron chi connectivity index (χ0n) is 16.5. The number of fused-ring (bicyclic) bond motifs is 1. The number of aryl methyl sites for hydroxylation is 1.